The zero-order chi connectivity index (χ0) is 21.1. The van der Waals surface area contributed by atoms with Gasteiger partial charge in [-0.05, 0) is 17.7 Å². The molecule has 0 spiro atoms. The number of fused-ring (bicyclic) bond motifs is 2. The lowest BCUT2D eigenvalue weighted by molar-refractivity contribution is -0.384. The molecule has 0 saturated heterocycles. The summed E-state index contributed by atoms with van der Waals surface area (Å²) in [6.45, 7) is -0.0366. The maximum atomic E-state index is 12.9. The average molecular weight is 402 g/mol. The number of hydrogen-bond acceptors (Lipinski definition) is 5. The molecule has 0 bridgehead atoms. The topological polar surface area (TPSA) is 102 Å². The first-order valence-electron chi connectivity index (χ1n) is 9.31. The van der Waals surface area contributed by atoms with Crippen LogP contribution in [0.15, 0.2) is 66.7 Å². The van der Waals surface area contributed by atoms with Crippen molar-refractivity contribution < 1.29 is 19.6 Å². The Bertz CT molecular complexity index is 1140. The first-order chi connectivity index (χ1) is 14.5. The molecule has 4 rings (SSSR count). The van der Waals surface area contributed by atoms with Crippen LogP contribution in [0.5, 0.6) is 11.5 Å². The van der Waals surface area contributed by atoms with Crippen LogP contribution in [0, 0.1) is 10.1 Å². The fourth-order valence-electron chi connectivity index (χ4n) is 3.24. The summed E-state index contributed by atoms with van der Waals surface area (Å²) in [5, 5.41) is 24.4. The number of aliphatic hydroxyl groups is 1. The number of rotatable bonds is 5. The second-order valence-electron chi connectivity index (χ2n) is 6.77. The summed E-state index contributed by atoms with van der Waals surface area (Å²) in [5.74, 6) is 0.224. The van der Waals surface area contributed by atoms with Crippen LogP contribution in [0.1, 0.15) is 33.2 Å². The summed E-state index contributed by atoms with van der Waals surface area (Å²) in [7, 11) is 0. The van der Waals surface area contributed by atoms with Gasteiger partial charge in [-0.1, -0.05) is 54.6 Å². The zero-order valence-electron chi connectivity index (χ0n) is 15.8. The molecule has 0 aromatic heterocycles. The highest BCUT2D eigenvalue weighted by molar-refractivity contribution is 6.01. The van der Waals surface area contributed by atoms with E-state index in [0.717, 1.165) is 5.56 Å². The maximum Gasteiger partial charge on any atom is 0.274 e. The monoisotopic (exact) mass is 402 g/mol. The lowest BCUT2D eigenvalue weighted by Crippen LogP contribution is -2.29. The van der Waals surface area contributed by atoms with Gasteiger partial charge in [0.2, 0.25) is 0 Å². The van der Waals surface area contributed by atoms with Crippen LogP contribution in [0.2, 0.25) is 0 Å². The third-order valence-electron chi connectivity index (χ3n) is 4.79. The van der Waals surface area contributed by atoms with Gasteiger partial charge < -0.3 is 15.2 Å². The van der Waals surface area contributed by atoms with E-state index < -0.39 is 16.9 Å². The number of nitro benzene ring substituents is 1. The number of hydrogen-bond donors (Lipinski definition) is 2. The number of nitrogens with zero attached hydrogens (tertiary/aromatic N) is 1. The molecule has 1 aliphatic rings. The van der Waals surface area contributed by atoms with Gasteiger partial charge >= 0.3 is 0 Å². The molecule has 1 atom stereocenters. The predicted octanol–water partition coefficient (Wildman–Crippen LogP) is 4.33. The smallest absolute Gasteiger partial charge is 0.274 e. The quantitative estimate of drug-likeness (QED) is 0.382. The lowest BCUT2D eigenvalue weighted by Gasteiger charge is -2.15. The van der Waals surface area contributed by atoms with Crippen LogP contribution >= 0.6 is 0 Å². The van der Waals surface area contributed by atoms with Crippen molar-refractivity contribution in [1.82, 2.24) is 5.32 Å². The van der Waals surface area contributed by atoms with Crippen LogP contribution in [-0.2, 0) is 0 Å². The molecule has 7 nitrogen and oxygen atoms in total. The second-order valence-corrected chi connectivity index (χ2v) is 6.77. The molecule has 0 unspecified atom stereocenters. The number of benzene rings is 3. The number of amides is 1. The van der Waals surface area contributed by atoms with Gasteiger partial charge in [-0.15, -0.1) is 0 Å². The van der Waals surface area contributed by atoms with Crippen LogP contribution in [0.3, 0.4) is 0 Å². The van der Waals surface area contributed by atoms with Crippen molar-refractivity contribution in [1.29, 1.82) is 0 Å². The molecule has 150 valence electrons. The van der Waals surface area contributed by atoms with Gasteiger partial charge in [0.25, 0.3) is 11.6 Å². The predicted molar refractivity (Wildman–Crippen MR) is 112 cm³/mol. The second kappa shape index (κ2) is 8.18. The normalized spacial score (nSPS) is 12.7. The molecule has 3 aromatic carbocycles. The molecule has 30 heavy (non-hydrogen) atoms. The van der Waals surface area contributed by atoms with Gasteiger partial charge in [0, 0.05) is 23.7 Å². The van der Waals surface area contributed by atoms with Gasteiger partial charge in [-0.25, -0.2) is 0 Å². The van der Waals surface area contributed by atoms with Crippen LogP contribution in [-0.4, -0.2) is 22.5 Å². The summed E-state index contributed by atoms with van der Waals surface area (Å²) in [6.07, 6.45) is 2.60. The Morgan fingerprint density at radius 2 is 1.77 bits per heavy atom. The minimum absolute atomic E-state index is 0.0366. The molecule has 1 amide bonds. The SMILES string of the molecule is O=C(NC[C@@H](O)c1ccccc1)c1cc([N+](=O)[O-])cc2c1C=Cc1ccccc1O2. The minimum Gasteiger partial charge on any atom is -0.456 e. The van der Waals surface area contributed by atoms with Crippen molar-refractivity contribution in [3.05, 3.63) is 99.1 Å². The zero-order valence-corrected chi connectivity index (χ0v) is 15.8. The van der Waals surface area contributed by atoms with Gasteiger partial charge in [-0.2, -0.15) is 0 Å². The van der Waals surface area contributed by atoms with E-state index in [2.05, 4.69) is 5.32 Å². The molecular weight excluding hydrogens is 384 g/mol. The standard InChI is InChI=1S/C23H18N2O5/c26-20(15-6-2-1-3-7-15)14-24-23(27)19-12-17(25(28)29)13-22-18(19)11-10-16-8-4-5-9-21(16)30-22/h1-13,20,26H,14H2,(H,24,27)/t20-/m1/s1. The van der Waals surface area contributed by atoms with Crippen molar-refractivity contribution in [2.75, 3.05) is 6.54 Å². The summed E-state index contributed by atoms with van der Waals surface area (Å²) >= 11 is 0. The third-order valence-corrected chi connectivity index (χ3v) is 4.79. The number of non-ortho nitro benzene ring substituents is 1. The molecule has 0 aliphatic carbocycles. The van der Waals surface area contributed by atoms with Gasteiger partial charge in [-0.3, -0.25) is 14.9 Å². The van der Waals surface area contributed by atoms with Crippen molar-refractivity contribution in [2.45, 2.75) is 6.10 Å². The van der Waals surface area contributed by atoms with E-state index in [0.29, 0.717) is 16.9 Å². The van der Waals surface area contributed by atoms with E-state index in [1.54, 1.807) is 48.6 Å². The summed E-state index contributed by atoms with van der Waals surface area (Å²) in [6, 6.07) is 18.7. The highest BCUT2D eigenvalue weighted by Gasteiger charge is 2.23. The highest BCUT2D eigenvalue weighted by Crippen LogP contribution is 2.38. The molecule has 1 heterocycles. The maximum absolute atomic E-state index is 12.9. The molecule has 1 aliphatic heterocycles. The molecule has 3 aromatic rings. The number of carbonyl (C=O) groups is 1. The number of aliphatic hydroxyl groups excluding tert-OH is 1. The molecule has 0 radical (unpaired) electrons. The molecule has 0 saturated carbocycles. The number of nitro groups is 1. The van der Waals surface area contributed by atoms with Gasteiger partial charge in [0.15, 0.2) is 0 Å². The van der Waals surface area contributed by atoms with E-state index in [9.17, 15) is 20.0 Å². The Morgan fingerprint density at radius 1 is 1.03 bits per heavy atom. The molecule has 2 N–H and O–H groups in total. The number of ether oxygens (including phenoxy) is 1. The Hall–Kier alpha value is -3.97. The van der Waals surface area contributed by atoms with E-state index in [1.807, 2.05) is 18.2 Å². The van der Waals surface area contributed by atoms with E-state index >= 15 is 0 Å². The van der Waals surface area contributed by atoms with E-state index in [-0.39, 0.29) is 23.5 Å². The van der Waals surface area contributed by atoms with Crippen LogP contribution in [0.25, 0.3) is 12.2 Å². The molecule has 0 fully saturated rings. The van der Waals surface area contributed by atoms with Crippen molar-refractivity contribution >= 4 is 23.7 Å². The van der Waals surface area contributed by atoms with Crippen LogP contribution in [0.4, 0.5) is 5.69 Å². The fourth-order valence-corrected chi connectivity index (χ4v) is 3.24. The van der Waals surface area contributed by atoms with Crippen molar-refractivity contribution in [3.63, 3.8) is 0 Å². The molecular formula is C23H18N2O5. The Kier molecular flexibility index (Phi) is 5.28. The number of nitrogens with one attached hydrogen (secondary N) is 1. The average Bonchev–Trinajstić information content (AvgIpc) is 2.96. The van der Waals surface area contributed by atoms with E-state index in [1.165, 1.54) is 12.1 Å². The third kappa shape index (κ3) is 3.92. The molecule has 7 heteroatoms. The summed E-state index contributed by atoms with van der Waals surface area (Å²) < 4.78 is 5.88. The largest absolute Gasteiger partial charge is 0.456 e. The van der Waals surface area contributed by atoms with Crippen molar-refractivity contribution in [2.24, 2.45) is 0 Å². The van der Waals surface area contributed by atoms with Gasteiger partial charge in [0.05, 0.1) is 22.7 Å². The lowest BCUT2D eigenvalue weighted by atomic mass is 10.0. The Labute approximate surface area is 172 Å². The first kappa shape index (κ1) is 19.4. The Morgan fingerprint density at radius 3 is 2.53 bits per heavy atom. The fraction of sp³-hybridized carbons (Fsp3) is 0.0870. The number of para-hydroxylation sites is 1. The summed E-state index contributed by atoms with van der Waals surface area (Å²) in [5.41, 5.74) is 1.74. The van der Waals surface area contributed by atoms with Gasteiger partial charge in [0.1, 0.15) is 11.5 Å². The number of carbonyl (C=O) groups excluding carboxylic acids is 1. The van der Waals surface area contributed by atoms with E-state index in [4.69, 9.17) is 4.74 Å². The minimum atomic E-state index is -0.900. The van der Waals surface area contributed by atoms with Crippen molar-refractivity contribution in [3.8, 4) is 11.5 Å². The Balaban J connectivity index is 1.65. The van der Waals surface area contributed by atoms with Crippen LogP contribution < -0.4 is 10.1 Å². The summed E-state index contributed by atoms with van der Waals surface area (Å²) in [4.78, 5) is 23.7. The first-order valence-corrected chi connectivity index (χ1v) is 9.31. The highest BCUT2D eigenvalue weighted by atomic mass is 16.6.